The van der Waals surface area contributed by atoms with Crippen molar-refractivity contribution in [2.24, 2.45) is 0 Å². The van der Waals surface area contributed by atoms with E-state index in [1.165, 1.54) is 0 Å². The van der Waals surface area contributed by atoms with Crippen LogP contribution in [0.25, 0.3) is 11.3 Å². The molecule has 0 spiro atoms. The van der Waals surface area contributed by atoms with Gasteiger partial charge >= 0.3 is 0 Å². The van der Waals surface area contributed by atoms with E-state index in [1.807, 2.05) is 50.2 Å². The van der Waals surface area contributed by atoms with Crippen LogP contribution >= 0.6 is 11.6 Å². The number of aliphatic hydroxyl groups is 1. The summed E-state index contributed by atoms with van der Waals surface area (Å²) >= 11 is 6.04. The van der Waals surface area contributed by atoms with E-state index in [2.05, 4.69) is 15.3 Å². The lowest BCUT2D eigenvalue weighted by atomic mass is 9.93. The number of nitrogens with one attached hydrogen (secondary N) is 1. The zero-order valence-electron chi connectivity index (χ0n) is 13.7. The lowest BCUT2D eigenvalue weighted by Gasteiger charge is -2.26. The zero-order valence-corrected chi connectivity index (χ0v) is 14.4. The van der Waals surface area contributed by atoms with Crippen molar-refractivity contribution < 1.29 is 5.11 Å². The Kier molecular flexibility index (Phi) is 6.81. The molecule has 0 radical (unpaired) electrons. The number of hydrogen-bond acceptors (Lipinski definition) is 4. The fraction of sp³-hybridized carbons (Fsp3) is 0.444. The molecule has 0 aliphatic heterocycles. The second-order valence-electron chi connectivity index (χ2n) is 5.42. The van der Waals surface area contributed by atoms with Crippen LogP contribution in [0.5, 0.6) is 0 Å². The summed E-state index contributed by atoms with van der Waals surface area (Å²) in [4.78, 5) is 8.54. The van der Waals surface area contributed by atoms with Crippen molar-refractivity contribution in [3.8, 4) is 11.3 Å². The predicted octanol–water partition coefficient (Wildman–Crippen LogP) is 4.54. The van der Waals surface area contributed by atoms with Gasteiger partial charge in [0.15, 0.2) is 0 Å². The Morgan fingerprint density at radius 2 is 1.70 bits per heavy atom. The molecule has 1 aromatic heterocycles. The summed E-state index contributed by atoms with van der Waals surface area (Å²) in [6, 6.07) is 12.2. The van der Waals surface area contributed by atoms with Gasteiger partial charge in [-0.1, -0.05) is 44.2 Å². The van der Waals surface area contributed by atoms with Gasteiger partial charge in [-0.25, -0.2) is 9.97 Å². The Hall–Kier alpha value is -1.65. The molecule has 0 bridgehead atoms. The lowest BCUT2D eigenvalue weighted by Crippen LogP contribution is -2.28. The zero-order chi connectivity index (χ0) is 16.7. The van der Waals surface area contributed by atoms with Gasteiger partial charge in [-0.3, -0.25) is 0 Å². The maximum absolute atomic E-state index is 9.56. The Morgan fingerprint density at radius 3 is 2.35 bits per heavy atom. The Labute approximate surface area is 142 Å². The molecule has 3 rings (SSSR count). The lowest BCUT2D eigenvalue weighted by molar-refractivity contribution is 0.126. The van der Waals surface area contributed by atoms with E-state index < -0.39 is 0 Å². The first kappa shape index (κ1) is 17.7. The van der Waals surface area contributed by atoms with Crippen LogP contribution in [0, 0.1) is 0 Å². The third-order valence-corrected chi connectivity index (χ3v) is 3.99. The number of nitrogens with zero attached hydrogens (tertiary/aromatic N) is 2. The standard InChI is InChI=1S/C16H18ClN3O.C2H6/c17-16-19-14(11-4-2-1-3-5-11)10-15(20-16)18-12-6-8-13(21)9-7-12;1-2/h1-5,10,12-13,21H,6-9H2,(H,18,19,20);1-2H3. The first-order chi connectivity index (χ1) is 11.2. The van der Waals surface area contributed by atoms with Crippen LogP contribution in [0.1, 0.15) is 39.5 Å². The summed E-state index contributed by atoms with van der Waals surface area (Å²) < 4.78 is 0. The van der Waals surface area contributed by atoms with Gasteiger partial charge in [-0.2, -0.15) is 0 Å². The van der Waals surface area contributed by atoms with Crippen LogP contribution in [0.2, 0.25) is 5.28 Å². The number of aliphatic hydroxyl groups excluding tert-OH is 1. The first-order valence-electron chi connectivity index (χ1n) is 8.25. The highest BCUT2D eigenvalue weighted by atomic mass is 35.5. The quantitative estimate of drug-likeness (QED) is 0.810. The van der Waals surface area contributed by atoms with E-state index >= 15 is 0 Å². The van der Waals surface area contributed by atoms with Crippen LogP contribution in [0.3, 0.4) is 0 Å². The van der Waals surface area contributed by atoms with Crippen molar-refractivity contribution in [2.75, 3.05) is 5.32 Å². The topological polar surface area (TPSA) is 58.0 Å². The molecular formula is C18H24ClN3O. The molecule has 0 saturated heterocycles. The van der Waals surface area contributed by atoms with Crippen molar-refractivity contribution >= 4 is 17.4 Å². The van der Waals surface area contributed by atoms with Gasteiger partial charge in [0.05, 0.1) is 11.8 Å². The van der Waals surface area contributed by atoms with E-state index in [0.717, 1.165) is 42.8 Å². The molecule has 2 N–H and O–H groups in total. The van der Waals surface area contributed by atoms with Gasteiger partial charge in [-0.15, -0.1) is 0 Å². The molecule has 1 aliphatic rings. The number of anilines is 1. The molecule has 124 valence electrons. The highest BCUT2D eigenvalue weighted by molar-refractivity contribution is 6.28. The fourth-order valence-electron chi connectivity index (χ4n) is 2.68. The molecular weight excluding hydrogens is 310 g/mol. The van der Waals surface area contributed by atoms with E-state index in [9.17, 15) is 5.11 Å². The summed E-state index contributed by atoms with van der Waals surface area (Å²) in [6.45, 7) is 4.00. The van der Waals surface area contributed by atoms with Crippen LogP contribution in [-0.2, 0) is 0 Å². The van der Waals surface area contributed by atoms with Crippen molar-refractivity contribution in [2.45, 2.75) is 51.7 Å². The number of rotatable bonds is 3. The Bertz CT molecular complexity index is 598. The van der Waals surface area contributed by atoms with Crippen LogP contribution < -0.4 is 5.32 Å². The van der Waals surface area contributed by atoms with Crippen molar-refractivity contribution in [1.29, 1.82) is 0 Å². The van der Waals surface area contributed by atoms with E-state index in [4.69, 9.17) is 11.6 Å². The molecule has 1 aromatic carbocycles. The highest BCUT2D eigenvalue weighted by Gasteiger charge is 2.19. The third kappa shape index (κ3) is 5.19. The minimum Gasteiger partial charge on any atom is -0.393 e. The average Bonchev–Trinajstić information content (AvgIpc) is 2.59. The minimum atomic E-state index is -0.156. The molecule has 1 aliphatic carbocycles. The number of hydrogen-bond donors (Lipinski definition) is 2. The molecule has 4 nitrogen and oxygen atoms in total. The molecule has 0 unspecified atom stereocenters. The van der Waals surface area contributed by atoms with Crippen LogP contribution in [-0.4, -0.2) is 27.2 Å². The van der Waals surface area contributed by atoms with Gasteiger partial charge in [-0.05, 0) is 37.3 Å². The van der Waals surface area contributed by atoms with Gasteiger partial charge in [0.1, 0.15) is 5.82 Å². The third-order valence-electron chi connectivity index (χ3n) is 3.82. The Balaban J connectivity index is 0.000000924. The van der Waals surface area contributed by atoms with Gasteiger partial charge in [0.25, 0.3) is 0 Å². The summed E-state index contributed by atoms with van der Waals surface area (Å²) in [6.07, 6.45) is 3.41. The molecule has 23 heavy (non-hydrogen) atoms. The van der Waals surface area contributed by atoms with Crippen LogP contribution in [0.15, 0.2) is 36.4 Å². The largest absolute Gasteiger partial charge is 0.393 e. The number of benzene rings is 1. The number of halogens is 1. The SMILES string of the molecule is CC.OC1CCC(Nc2cc(-c3ccccc3)nc(Cl)n2)CC1. The maximum Gasteiger partial charge on any atom is 0.224 e. The molecule has 0 amide bonds. The van der Waals surface area contributed by atoms with Crippen molar-refractivity contribution in [3.63, 3.8) is 0 Å². The monoisotopic (exact) mass is 333 g/mol. The van der Waals surface area contributed by atoms with Crippen molar-refractivity contribution in [3.05, 3.63) is 41.7 Å². The van der Waals surface area contributed by atoms with Crippen LogP contribution in [0.4, 0.5) is 5.82 Å². The highest BCUT2D eigenvalue weighted by Crippen LogP contribution is 2.25. The summed E-state index contributed by atoms with van der Waals surface area (Å²) in [5.41, 5.74) is 1.83. The second-order valence-corrected chi connectivity index (χ2v) is 5.76. The number of aromatic nitrogens is 2. The van der Waals surface area contributed by atoms with Gasteiger partial charge < -0.3 is 10.4 Å². The predicted molar refractivity (Wildman–Crippen MR) is 95.7 cm³/mol. The molecule has 5 heteroatoms. The summed E-state index contributed by atoms with van der Waals surface area (Å²) in [7, 11) is 0. The summed E-state index contributed by atoms with van der Waals surface area (Å²) in [5.74, 6) is 0.746. The van der Waals surface area contributed by atoms with Gasteiger partial charge in [0.2, 0.25) is 5.28 Å². The molecule has 2 aromatic rings. The molecule has 1 fully saturated rings. The van der Waals surface area contributed by atoms with E-state index in [-0.39, 0.29) is 11.4 Å². The average molecular weight is 334 g/mol. The first-order valence-corrected chi connectivity index (χ1v) is 8.63. The maximum atomic E-state index is 9.56. The Morgan fingerprint density at radius 1 is 1.04 bits per heavy atom. The summed E-state index contributed by atoms with van der Waals surface area (Å²) in [5, 5.41) is 13.2. The molecule has 1 heterocycles. The fourth-order valence-corrected chi connectivity index (χ4v) is 2.86. The second kappa shape index (κ2) is 8.85. The van der Waals surface area contributed by atoms with E-state index in [0.29, 0.717) is 6.04 Å². The van der Waals surface area contributed by atoms with Gasteiger partial charge in [0, 0.05) is 17.7 Å². The minimum absolute atomic E-state index is 0.156. The normalized spacial score (nSPS) is 20.3. The molecule has 1 saturated carbocycles. The molecule has 0 atom stereocenters. The smallest absolute Gasteiger partial charge is 0.224 e. The van der Waals surface area contributed by atoms with Crippen molar-refractivity contribution in [1.82, 2.24) is 9.97 Å². The van der Waals surface area contributed by atoms with E-state index in [1.54, 1.807) is 0 Å².